The van der Waals surface area contributed by atoms with Crippen molar-refractivity contribution in [3.05, 3.63) is 35.9 Å². The minimum absolute atomic E-state index is 0.0227. The summed E-state index contributed by atoms with van der Waals surface area (Å²) in [6.07, 6.45) is -3.54. The first-order valence-corrected chi connectivity index (χ1v) is 6.50. The number of rotatable bonds is 4. The zero-order chi connectivity index (χ0) is 14.8. The second kappa shape index (κ2) is 5.88. The monoisotopic (exact) mass is 281 g/mol. The van der Waals surface area contributed by atoms with Crippen LogP contribution in [0, 0.1) is 5.92 Å². The second-order valence-corrected chi connectivity index (χ2v) is 5.15. The van der Waals surface area contributed by atoms with E-state index in [9.17, 15) is 15.0 Å². The molecule has 1 aromatic carbocycles. The number of benzene rings is 1. The first-order chi connectivity index (χ1) is 9.39. The zero-order valence-corrected chi connectivity index (χ0v) is 11.4. The standard InChI is InChI=1S/C14H19NO5/c1-9(2)11-12(20-14(17,18)15-11)13(16)19-8-10-6-4-3-5-7-10/h3-7,9,11-12,15,17-18H,8H2,1-2H3/t11-,12-/m1/s1. The Kier molecular flexibility index (Phi) is 4.39. The molecule has 110 valence electrons. The first kappa shape index (κ1) is 14.9. The van der Waals surface area contributed by atoms with Gasteiger partial charge in [-0.3, -0.25) is 4.74 Å². The smallest absolute Gasteiger partial charge is 0.346 e. The molecule has 1 aromatic rings. The summed E-state index contributed by atoms with van der Waals surface area (Å²) in [6.45, 7) is 3.81. The maximum atomic E-state index is 12.0. The van der Waals surface area contributed by atoms with Crippen molar-refractivity contribution in [1.29, 1.82) is 0 Å². The van der Waals surface area contributed by atoms with E-state index in [1.165, 1.54) is 0 Å². The zero-order valence-electron chi connectivity index (χ0n) is 11.4. The van der Waals surface area contributed by atoms with Crippen LogP contribution in [0.4, 0.5) is 0 Å². The summed E-state index contributed by atoms with van der Waals surface area (Å²) in [4.78, 5) is 12.0. The van der Waals surface area contributed by atoms with Crippen LogP contribution >= 0.6 is 0 Å². The van der Waals surface area contributed by atoms with Gasteiger partial charge in [-0.25, -0.2) is 10.1 Å². The molecular weight excluding hydrogens is 262 g/mol. The summed E-state index contributed by atoms with van der Waals surface area (Å²) >= 11 is 0. The van der Waals surface area contributed by atoms with Crippen LogP contribution in [0.5, 0.6) is 0 Å². The highest BCUT2D eigenvalue weighted by molar-refractivity contribution is 5.76. The highest BCUT2D eigenvalue weighted by Gasteiger charge is 2.49. The Labute approximate surface area is 117 Å². The van der Waals surface area contributed by atoms with Gasteiger partial charge in [0.15, 0.2) is 6.10 Å². The lowest BCUT2D eigenvalue weighted by atomic mass is 9.99. The molecule has 20 heavy (non-hydrogen) atoms. The number of hydrogen-bond acceptors (Lipinski definition) is 6. The fourth-order valence-corrected chi connectivity index (χ4v) is 2.10. The lowest BCUT2D eigenvalue weighted by molar-refractivity contribution is -0.336. The number of nitrogens with one attached hydrogen (secondary N) is 1. The third-order valence-corrected chi connectivity index (χ3v) is 3.15. The topological polar surface area (TPSA) is 88.0 Å². The van der Waals surface area contributed by atoms with Crippen molar-refractivity contribution < 1.29 is 24.5 Å². The fraction of sp³-hybridized carbons (Fsp3) is 0.500. The predicted octanol–water partition coefficient (Wildman–Crippen LogP) is 0.339. The molecule has 1 aliphatic rings. The van der Waals surface area contributed by atoms with Crippen LogP contribution in [0.1, 0.15) is 19.4 Å². The third kappa shape index (κ3) is 3.55. The Hall–Kier alpha value is -1.47. The quantitative estimate of drug-likeness (QED) is 0.545. The average molecular weight is 281 g/mol. The molecule has 0 spiro atoms. The van der Waals surface area contributed by atoms with Crippen LogP contribution in [0.3, 0.4) is 0 Å². The number of hydrogen-bond donors (Lipinski definition) is 3. The number of ether oxygens (including phenoxy) is 2. The highest BCUT2D eigenvalue weighted by atomic mass is 16.8. The van der Waals surface area contributed by atoms with Gasteiger partial charge in [0.25, 0.3) is 0 Å². The average Bonchev–Trinajstić information content (AvgIpc) is 2.74. The van der Waals surface area contributed by atoms with E-state index in [0.717, 1.165) is 5.56 Å². The summed E-state index contributed by atoms with van der Waals surface area (Å²) in [5.41, 5.74) is 0.854. The Morgan fingerprint density at radius 2 is 2.05 bits per heavy atom. The van der Waals surface area contributed by atoms with Gasteiger partial charge < -0.3 is 14.9 Å². The molecule has 0 bridgehead atoms. The molecule has 1 saturated heterocycles. The lowest BCUT2D eigenvalue weighted by Crippen LogP contribution is -2.46. The molecule has 0 radical (unpaired) electrons. The molecule has 1 fully saturated rings. The molecule has 0 aromatic heterocycles. The van der Waals surface area contributed by atoms with E-state index < -0.39 is 24.2 Å². The van der Waals surface area contributed by atoms with Gasteiger partial charge in [-0.2, -0.15) is 0 Å². The van der Waals surface area contributed by atoms with Crippen molar-refractivity contribution in [1.82, 2.24) is 5.32 Å². The van der Waals surface area contributed by atoms with Gasteiger partial charge in [0.2, 0.25) is 0 Å². The number of esters is 1. The van der Waals surface area contributed by atoms with Crippen molar-refractivity contribution in [2.75, 3.05) is 0 Å². The minimum Gasteiger partial charge on any atom is -0.459 e. The van der Waals surface area contributed by atoms with E-state index in [1.54, 1.807) is 0 Å². The van der Waals surface area contributed by atoms with Crippen LogP contribution in [0.15, 0.2) is 30.3 Å². The van der Waals surface area contributed by atoms with Crippen LogP contribution in [-0.2, 0) is 20.9 Å². The maximum absolute atomic E-state index is 12.0. The highest BCUT2D eigenvalue weighted by Crippen LogP contribution is 2.24. The molecule has 3 N–H and O–H groups in total. The van der Waals surface area contributed by atoms with Crippen LogP contribution < -0.4 is 5.32 Å². The van der Waals surface area contributed by atoms with E-state index in [0.29, 0.717) is 0 Å². The van der Waals surface area contributed by atoms with Crippen molar-refractivity contribution in [2.45, 2.75) is 38.7 Å². The van der Waals surface area contributed by atoms with E-state index in [-0.39, 0.29) is 12.5 Å². The Bertz CT molecular complexity index is 460. The van der Waals surface area contributed by atoms with Gasteiger partial charge >= 0.3 is 12.1 Å². The summed E-state index contributed by atoms with van der Waals surface area (Å²) in [7, 11) is 0. The van der Waals surface area contributed by atoms with Crippen LogP contribution in [0.25, 0.3) is 0 Å². The molecule has 0 saturated carbocycles. The number of carbonyl (C=O) groups is 1. The van der Waals surface area contributed by atoms with Gasteiger partial charge in [-0.1, -0.05) is 44.2 Å². The Balaban J connectivity index is 1.97. The molecular formula is C14H19NO5. The van der Waals surface area contributed by atoms with E-state index in [2.05, 4.69) is 5.32 Å². The molecule has 1 aliphatic heterocycles. The summed E-state index contributed by atoms with van der Waals surface area (Å²) in [6, 6.07) is 8.72. The van der Waals surface area contributed by atoms with Gasteiger partial charge in [0.05, 0.1) is 6.04 Å². The van der Waals surface area contributed by atoms with Gasteiger partial charge in [-0.15, -0.1) is 0 Å². The maximum Gasteiger partial charge on any atom is 0.346 e. The summed E-state index contributed by atoms with van der Waals surface area (Å²) in [5.74, 6) is -0.643. The fourth-order valence-electron chi connectivity index (χ4n) is 2.10. The van der Waals surface area contributed by atoms with E-state index in [4.69, 9.17) is 9.47 Å². The number of aliphatic hydroxyl groups is 2. The summed E-state index contributed by atoms with van der Waals surface area (Å²) in [5, 5.41) is 21.3. The summed E-state index contributed by atoms with van der Waals surface area (Å²) < 4.78 is 10.1. The van der Waals surface area contributed by atoms with Gasteiger partial charge in [-0.05, 0) is 11.5 Å². The predicted molar refractivity (Wildman–Crippen MR) is 70.0 cm³/mol. The van der Waals surface area contributed by atoms with Gasteiger partial charge in [0, 0.05) is 0 Å². The Morgan fingerprint density at radius 1 is 1.40 bits per heavy atom. The van der Waals surface area contributed by atoms with Crippen molar-refractivity contribution >= 4 is 5.97 Å². The Morgan fingerprint density at radius 3 is 2.65 bits per heavy atom. The molecule has 1 heterocycles. The molecule has 6 heteroatoms. The molecule has 0 amide bonds. The minimum atomic E-state index is -2.49. The van der Waals surface area contributed by atoms with Gasteiger partial charge in [0.1, 0.15) is 6.61 Å². The van der Waals surface area contributed by atoms with Crippen molar-refractivity contribution in [3.63, 3.8) is 0 Å². The van der Waals surface area contributed by atoms with E-state index >= 15 is 0 Å². The number of carbonyl (C=O) groups excluding carboxylic acids is 1. The third-order valence-electron chi connectivity index (χ3n) is 3.15. The molecule has 0 aliphatic carbocycles. The van der Waals surface area contributed by atoms with Crippen LogP contribution in [0.2, 0.25) is 0 Å². The van der Waals surface area contributed by atoms with Crippen LogP contribution in [-0.4, -0.2) is 34.4 Å². The normalized spacial score (nSPS) is 24.9. The lowest BCUT2D eigenvalue weighted by Gasteiger charge is -2.19. The van der Waals surface area contributed by atoms with Crippen molar-refractivity contribution in [3.8, 4) is 0 Å². The SMILES string of the molecule is CC(C)[C@H]1NC(O)(O)O[C@H]1C(=O)OCc1ccccc1. The second-order valence-electron chi connectivity index (χ2n) is 5.15. The largest absolute Gasteiger partial charge is 0.459 e. The molecule has 6 nitrogen and oxygen atoms in total. The van der Waals surface area contributed by atoms with E-state index in [1.807, 2.05) is 44.2 Å². The molecule has 2 rings (SSSR count). The first-order valence-electron chi connectivity index (χ1n) is 6.50. The molecule has 2 atom stereocenters. The van der Waals surface area contributed by atoms with Crippen molar-refractivity contribution in [2.24, 2.45) is 5.92 Å². The molecule has 0 unspecified atom stereocenters.